The van der Waals surface area contributed by atoms with Crippen molar-refractivity contribution in [3.05, 3.63) is 158 Å². The summed E-state index contributed by atoms with van der Waals surface area (Å²) in [6.07, 6.45) is 0. The van der Waals surface area contributed by atoms with Gasteiger partial charge in [-0.25, -0.2) is 9.97 Å². The number of fused-ring (bicyclic) bond motifs is 5. The molecule has 0 saturated carbocycles. The largest absolute Gasteiger partial charge is 0.455 e. The minimum absolute atomic E-state index is 0.696. The van der Waals surface area contributed by atoms with Crippen molar-refractivity contribution in [3.8, 4) is 45.0 Å². The Kier molecular flexibility index (Phi) is 5.82. The lowest BCUT2D eigenvalue weighted by atomic mass is 9.95. The maximum atomic E-state index is 6.75. The molecule has 0 aliphatic carbocycles. The number of aromatic nitrogens is 2. The second kappa shape index (κ2) is 10.3. The Bertz CT molecular complexity index is 2530. The fourth-order valence-corrected chi connectivity index (χ4v) is 6.51. The molecule has 0 aliphatic heterocycles. The predicted molar refractivity (Wildman–Crippen MR) is 186 cm³/mol. The molecule has 0 fully saturated rings. The summed E-state index contributed by atoms with van der Waals surface area (Å²) in [5, 5.41) is 6.74. The Labute approximate surface area is 260 Å². The van der Waals surface area contributed by atoms with Gasteiger partial charge >= 0.3 is 0 Å². The van der Waals surface area contributed by atoms with E-state index in [1.54, 1.807) is 0 Å². The SMILES string of the molecule is c1ccc(-c2cc(-c3ccc(-c4ccccc4)c4oc5cc6ccccc6cc5c34)nc(-c3cccc4ccccc34)n2)cc1. The van der Waals surface area contributed by atoms with Crippen LogP contribution in [-0.2, 0) is 0 Å². The van der Waals surface area contributed by atoms with Crippen molar-refractivity contribution in [1.29, 1.82) is 0 Å². The normalized spacial score (nSPS) is 11.6. The molecule has 3 heteroatoms. The third kappa shape index (κ3) is 4.29. The summed E-state index contributed by atoms with van der Waals surface area (Å²) in [6.45, 7) is 0. The summed E-state index contributed by atoms with van der Waals surface area (Å²) in [6, 6.07) is 54.8. The van der Waals surface area contributed by atoms with E-state index in [0.717, 1.165) is 77.3 Å². The van der Waals surface area contributed by atoms with E-state index in [1.807, 2.05) is 12.1 Å². The molecule has 0 radical (unpaired) electrons. The maximum Gasteiger partial charge on any atom is 0.161 e. The number of benzene rings is 7. The van der Waals surface area contributed by atoms with Crippen LogP contribution in [0.15, 0.2) is 162 Å². The molecule has 210 valence electrons. The van der Waals surface area contributed by atoms with Crippen molar-refractivity contribution in [3.63, 3.8) is 0 Å². The number of rotatable bonds is 4. The minimum atomic E-state index is 0.696. The van der Waals surface area contributed by atoms with Crippen molar-refractivity contribution in [2.45, 2.75) is 0 Å². The van der Waals surface area contributed by atoms with Gasteiger partial charge in [-0.3, -0.25) is 0 Å². The second-order valence-electron chi connectivity index (χ2n) is 11.4. The van der Waals surface area contributed by atoms with E-state index in [4.69, 9.17) is 14.4 Å². The first-order chi connectivity index (χ1) is 22.3. The van der Waals surface area contributed by atoms with Crippen LogP contribution in [0.3, 0.4) is 0 Å². The van der Waals surface area contributed by atoms with E-state index in [1.165, 1.54) is 5.39 Å². The van der Waals surface area contributed by atoms with Crippen LogP contribution < -0.4 is 0 Å². The zero-order valence-corrected chi connectivity index (χ0v) is 24.3. The van der Waals surface area contributed by atoms with Gasteiger partial charge in [0, 0.05) is 33.0 Å². The van der Waals surface area contributed by atoms with Crippen LogP contribution in [0.1, 0.15) is 0 Å². The molecule has 0 spiro atoms. The zero-order chi connectivity index (χ0) is 29.7. The van der Waals surface area contributed by atoms with Gasteiger partial charge in [-0.2, -0.15) is 0 Å². The third-order valence-corrected chi connectivity index (χ3v) is 8.67. The van der Waals surface area contributed by atoms with Crippen molar-refractivity contribution in [2.75, 3.05) is 0 Å². The summed E-state index contributed by atoms with van der Waals surface area (Å²) in [4.78, 5) is 10.4. The molecule has 0 saturated heterocycles. The molecule has 7 aromatic carbocycles. The molecule has 0 aliphatic rings. The highest BCUT2D eigenvalue weighted by Crippen LogP contribution is 2.43. The molecule has 9 aromatic rings. The first kappa shape index (κ1) is 25.4. The summed E-state index contributed by atoms with van der Waals surface area (Å²) in [5.41, 5.74) is 8.68. The van der Waals surface area contributed by atoms with Crippen LogP contribution in [0.25, 0.3) is 88.5 Å². The molecule has 0 N–H and O–H groups in total. The van der Waals surface area contributed by atoms with Crippen LogP contribution in [0, 0.1) is 0 Å². The van der Waals surface area contributed by atoms with E-state index in [0.29, 0.717) is 5.82 Å². The quantitative estimate of drug-likeness (QED) is 0.210. The van der Waals surface area contributed by atoms with Crippen molar-refractivity contribution in [1.82, 2.24) is 9.97 Å². The molecule has 0 bridgehead atoms. The van der Waals surface area contributed by atoms with Gasteiger partial charge in [0.1, 0.15) is 11.2 Å². The van der Waals surface area contributed by atoms with E-state index in [2.05, 4.69) is 146 Å². The molecule has 2 aromatic heterocycles. The highest BCUT2D eigenvalue weighted by Gasteiger charge is 2.20. The molecule has 2 heterocycles. The Morgan fingerprint density at radius 3 is 1.82 bits per heavy atom. The Hall–Kier alpha value is -6.06. The number of nitrogens with zero attached hydrogens (tertiary/aromatic N) is 2. The van der Waals surface area contributed by atoms with Crippen molar-refractivity contribution >= 4 is 43.5 Å². The predicted octanol–water partition coefficient (Wildman–Crippen LogP) is 11.4. The minimum Gasteiger partial charge on any atom is -0.455 e. The van der Waals surface area contributed by atoms with Crippen LogP contribution in [0.5, 0.6) is 0 Å². The molecule has 3 nitrogen and oxygen atoms in total. The summed E-state index contributed by atoms with van der Waals surface area (Å²) >= 11 is 0. The average molecular weight is 575 g/mol. The zero-order valence-electron chi connectivity index (χ0n) is 24.3. The van der Waals surface area contributed by atoms with Gasteiger partial charge in [0.05, 0.1) is 11.4 Å². The van der Waals surface area contributed by atoms with E-state index >= 15 is 0 Å². The molecule has 9 rings (SSSR count). The number of hydrogen-bond donors (Lipinski definition) is 0. The highest BCUT2D eigenvalue weighted by atomic mass is 16.3. The van der Waals surface area contributed by atoms with Crippen LogP contribution >= 0.6 is 0 Å². The monoisotopic (exact) mass is 574 g/mol. The summed E-state index contributed by atoms with van der Waals surface area (Å²) in [5.74, 6) is 0.696. The van der Waals surface area contributed by atoms with E-state index in [-0.39, 0.29) is 0 Å². The number of furan rings is 1. The van der Waals surface area contributed by atoms with Crippen LogP contribution in [0.2, 0.25) is 0 Å². The Balaban J connectivity index is 1.38. The van der Waals surface area contributed by atoms with Gasteiger partial charge in [-0.15, -0.1) is 0 Å². The lowest BCUT2D eigenvalue weighted by Crippen LogP contribution is -1.97. The standard InChI is InChI=1S/C42H26N2O/c1-3-12-28(13-4-1)33-22-23-35(40-36-24-30-17-7-8-18-31(30)25-39(36)45-41(33)40)38-26-37(29-15-5-2-6-16-29)43-42(44-38)34-21-11-19-27-14-9-10-20-32(27)34/h1-26H. The fourth-order valence-electron chi connectivity index (χ4n) is 6.51. The highest BCUT2D eigenvalue weighted by molar-refractivity contribution is 6.18. The first-order valence-electron chi connectivity index (χ1n) is 15.2. The lowest BCUT2D eigenvalue weighted by Gasteiger charge is -2.13. The van der Waals surface area contributed by atoms with Gasteiger partial charge in [0.15, 0.2) is 5.82 Å². The van der Waals surface area contributed by atoms with Gasteiger partial charge in [0.25, 0.3) is 0 Å². The van der Waals surface area contributed by atoms with Crippen molar-refractivity contribution < 1.29 is 4.42 Å². The Morgan fingerprint density at radius 1 is 0.400 bits per heavy atom. The van der Waals surface area contributed by atoms with Gasteiger partial charge < -0.3 is 4.42 Å². The molecule has 0 unspecified atom stereocenters. The fraction of sp³-hybridized carbons (Fsp3) is 0. The molecule has 45 heavy (non-hydrogen) atoms. The second-order valence-corrected chi connectivity index (χ2v) is 11.4. The summed E-state index contributed by atoms with van der Waals surface area (Å²) < 4.78 is 6.75. The average Bonchev–Trinajstić information content (AvgIpc) is 3.49. The Morgan fingerprint density at radius 2 is 1.02 bits per heavy atom. The van der Waals surface area contributed by atoms with Crippen LogP contribution in [-0.4, -0.2) is 9.97 Å². The lowest BCUT2D eigenvalue weighted by molar-refractivity contribution is 0.670. The molecule has 0 atom stereocenters. The van der Waals surface area contributed by atoms with Gasteiger partial charge in [-0.05, 0) is 51.4 Å². The van der Waals surface area contributed by atoms with Crippen molar-refractivity contribution in [2.24, 2.45) is 0 Å². The molecule has 0 amide bonds. The van der Waals surface area contributed by atoms with Crippen LogP contribution in [0.4, 0.5) is 0 Å². The summed E-state index contributed by atoms with van der Waals surface area (Å²) in [7, 11) is 0. The first-order valence-corrected chi connectivity index (χ1v) is 15.2. The smallest absolute Gasteiger partial charge is 0.161 e. The maximum absolute atomic E-state index is 6.75. The molecular formula is C42H26N2O. The van der Waals surface area contributed by atoms with E-state index < -0.39 is 0 Å². The van der Waals surface area contributed by atoms with Gasteiger partial charge in [0.2, 0.25) is 0 Å². The topological polar surface area (TPSA) is 38.9 Å². The molecular weight excluding hydrogens is 548 g/mol. The van der Waals surface area contributed by atoms with Gasteiger partial charge in [-0.1, -0.05) is 133 Å². The van der Waals surface area contributed by atoms with E-state index in [9.17, 15) is 0 Å². The third-order valence-electron chi connectivity index (χ3n) is 8.67. The number of hydrogen-bond acceptors (Lipinski definition) is 3.